The highest BCUT2D eigenvalue weighted by atomic mass is 32.2. The van der Waals surface area contributed by atoms with Crippen LogP contribution in [0.3, 0.4) is 0 Å². The van der Waals surface area contributed by atoms with Gasteiger partial charge in [-0.25, -0.2) is 16.8 Å². The average Bonchev–Trinajstić information content (AvgIpc) is 3.33. The van der Waals surface area contributed by atoms with Crippen molar-refractivity contribution in [1.29, 1.82) is 0 Å². The molecule has 1 aliphatic heterocycles. The van der Waals surface area contributed by atoms with Crippen molar-refractivity contribution in [3.8, 4) is 0 Å². The highest BCUT2D eigenvalue weighted by Crippen LogP contribution is 2.26. The number of hydrogen-bond donors (Lipinski definition) is 1. The molecule has 168 valence electrons. The quantitative estimate of drug-likeness (QED) is 0.583. The van der Waals surface area contributed by atoms with Gasteiger partial charge in [0.05, 0.1) is 16.1 Å². The summed E-state index contributed by atoms with van der Waals surface area (Å²) in [7, 11) is -7.96. The number of nitrogens with zero attached hydrogens (tertiary/aromatic N) is 2. The Hall–Kier alpha value is -2.99. The molecule has 3 aromatic rings. The molecule has 1 atom stereocenters. The summed E-state index contributed by atoms with van der Waals surface area (Å²) in [5, 5.41) is 2.52. The van der Waals surface area contributed by atoms with Gasteiger partial charge in [-0.1, -0.05) is 36.4 Å². The summed E-state index contributed by atoms with van der Waals surface area (Å²) in [4.78, 5) is 13.2. The fourth-order valence-corrected chi connectivity index (χ4v) is 6.53. The number of piperazine rings is 1. The Balaban J connectivity index is 1.68. The number of carbonyl (C=O) groups is 1. The van der Waals surface area contributed by atoms with Crippen LogP contribution >= 0.6 is 0 Å². The van der Waals surface area contributed by atoms with Gasteiger partial charge in [-0.3, -0.25) is 10.1 Å². The predicted molar refractivity (Wildman–Crippen MR) is 117 cm³/mol. The highest BCUT2D eigenvalue weighted by molar-refractivity contribution is 7.89. The van der Waals surface area contributed by atoms with Crippen LogP contribution in [0, 0.1) is 0 Å². The first kappa shape index (κ1) is 22.2. The Labute approximate surface area is 186 Å². The second-order valence-electron chi connectivity index (χ2n) is 7.09. The minimum atomic E-state index is -4.05. The smallest absolute Gasteiger partial charge is 0.246 e. The van der Waals surface area contributed by atoms with Crippen molar-refractivity contribution >= 4 is 31.8 Å². The average molecular weight is 476 g/mol. The van der Waals surface area contributed by atoms with Gasteiger partial charge in [0.2, 0.25) is 26.0 Å². The lowest BCUT2D eigenvalue weighted by molar-refractivity contribution is -0.120. The number of furan rings is 1. The van der Waals surface area contributed by atoms with E-state index < -0.39 is 32.0 Å². The van der Waals surface area contributed by atoms with E-state index >= 15 is 0 Å². The van der Waals surface area contributed by atoms with Crippen molar-refractivity contribution in [1.82, 2.24) is 8.61 Å². The van der Waals surface area contributed by atoms with E-state index in [9.17, 15) is 21.6 Å². The number of anilines is 1. The predicted octanol–water partition coefficient (Wildman–Crippen LogP) is 1.98. The number of nitrogens with one attached hydrogen (secondary N) is 1. The van der Waals surface area contributed by atoms with E-state index in [4.69, 9.17) is 4.42 Å². The lowest BCUT2D eigenvalue weighted by Crippen LogP contribution is -2.60. The van der Waals surface area contributed by atoms with Crippen molar-refractivity contribution in [3.63, 3.8) is 0 Å². The van der Waals surface area contributed by atoms with Crippen LogP contribution in [-0.2, 0) is 24.8 Å². The Morgan fingerprint density at radius 1 is 0.812 bits per heavy atom. The van der Waals surface area contributed by atoms with E-state index in [2.05, 4.69) is 5.32 Å². The highest BCUT2D eigenvalue weighted by Gasteiger charge is 2.43. The summed E-state index contributed by atoms with van der Waals surface area (Å²) in [6.07, 6.45) is 1.36. The maximum absolute atomic E-state index is 13.3. The van der Waals surface area contributed by atoms with Crippen LogP contribution in [-0.4, -0.2) is 57.0 Å². The number of benzene rings is 2. The lowest BCUT2D eigenvalue weighted by Gasteiger charge is -2.38. The van der Waals surface area contributed by atoms with Crippen LogP contribution in [0.5, 0.6) is 0 Å². The first-order valence-corrected chi connectivity index (χ1v) is 12.6. The third-order valence-corrected chi connectivity index (χ3v) is 8.90. The molecule has 0 aliphatic carbocycles. The molecule has 1 unspecified atom stereocenters. The number of carbonyl (C=O) groups excluding carboxylic acids is 1. The van der Waals surface area contributed by atoms with Gasteiger partial charge in [0.15, 0.2) is 5.88 Å². The SMILES string of the molecule is O=C(Nc1ccco1)C1CN(S(=O)(=O)c2ccccc2)CCN1S(=O)(=O)c1ccccc1. The molecule has 1 aliphatic rings. The fourth-order valence-electron chi connectivity index (χ4n) is 3.48. The van der Waals surface area contributed by atoms with Gasteiger partial charge < -0.3 is 4.42 Å². The minimum absolute atomic E-state index is 0.0233. The Morgan fingerprint density at radius 2 is 1.41 bits per heavy atom. The van der Waals surface area contributed by atoms with E-state index in [1.807, 2.05) is 0 Å². The molecule has 11 heteroatoms. The number of sulfonamides is 2. The summed E-state index contributed by atoms with van der Waals surface area (Å²) in [5.41, 5.74) is 0. The van der Waals surface area contributed by atoms with Crippen LogP contribution in [0.2, 0.25) is 0 Å². The first-order valence-electron chi connectivity index (χ1n) is 9.76. The molecule has 1 N–H and O–H groups in total. The molecular formula is C21H21N3O6S2. The van der Waals surface area contributed by atoms with Gasteiger partial charge in [-0.15, -0.1) is 0 Å². The van der Waals surface area contributed by atoms with Gasteiger partial charge in [-0.2, -0.15) is 8.61 Å². The third-order valence-electron chi connectivity index (χ3n) is 5.09. The second-order valence-corrected chi connectivity index (χ2v) is 10.9. The number of amides is 1. The molecule has 1 aromatic heterocycles. The van der Waals surface area contributed by atoms with Crippen LogP contribution < -0.4 is 5.32 Å². The zero-order valence-electron chi connectivity index (χ0n) is 16.9. The van der Waals surface area contributed by atoms with Crippen molar-refractivity contribution in [2.45, 2.75) is 15.8 Å². The van der Waals surface area contributed by atoms with E-state index in [0.29, 0.717) is 0 Å². The monoisotopic (exact) mass is 475 g/mol. The molecule has 1 amide bonds. The maximum Gasteiger partial charge on any atom is 0.246 e. The van der Waals surface area contributed by atoms with Gasteiger partial charge >= 0.3 is 0 Å². The molecule has 2 heterocycles. The molecule has 0 radical (unpaired) electrons. The van der Waals surface area contributed by atoms with E-state index in [-0.39, 0.29) is 35.3 Å². The molecular weight excluding hydrogens is 454 g/mol. The van der Waals surface area contributed by atoms with Crippen LogP contribution in [0.4, 0.5) is 5.88 Å². The Kier molecular flexibility index (Phi) is 6.15. The molecule has 32 heavy (non-hydrogen) atoms. The standard InChI is InChI=1S/C21H21N3O6S2/c25-21(22-20-12-7-15-30-20)19-16-23(31(26,27)17-8-3-1-4-9-17)13-14-24(19)32(28,29)18-10-5-2-6-11-18/h1-12,15,19H,13-14,16H2,(H,22,25). The Bertz CT molecular complexity index is 1280. The molecule has 0 bridgehead atoms. The summed E-state index contributed by atoms with van der Waals surface area (Å²) in [6.45, 7) is -0.608. The fraction of sp³-hybridized carbons (Fsp3) is 0.190. The van der Waals surface area contributed by atoms with Crippen molar-refractivity contribution in [2.24, 2.45) is 0 Å². The molecule has 4 rings (SSSR count). The normalized spacial score (nSPS) is 18.3. The van der Waals surface area contributed by atoms with Gasteiger partial charge in [-0.05, 0) is 30.3 Å². The third kappa shape index (κ3) is 4.32. The molecule has 9 nitrogen and oxygen atoms in total. The molecule has 1 saturated heterocycles. The number of hydrogen-bond acceptors (Lipinski definition) is 6. The molecule has 1 fully saturated rings. The van der Waals surface area contributed by atoms with Crippen LogP contribution in [0.1, 0.15) is 0 Å². The Morgan fingerprint density at radius 3 is 1.97 bits per heavy atom. The zero-order chi connectivity index (χ0) is 22.8. The van der Waals surface area contributed by atoms with E-state index in [1.165, 1.54) is 36.6 Å². The van der Waals surface area contributed by atoms with Crippen LogP contribution in [0.15, 0.2) is 93.3 Å². The number of rotatable bonds is 6. The molecule has 0 spiro atoms. The van der Waals surface area contributed by atoms with Gasteiger partial charge in [0, 0.05) is 25.7 Å². The van der Waals surface area contributed by atoms with Crippen molar-refractivity contribution < 1.29 is 26.0 Å². The molecule has 0 saturated carbocycles. The summed E-state index contributed by atoms with van der Waals surface area (Å²) in [6, 6.07) is 17.3. The minimum Gasteiger partial charge on any atom is -0.449 e. The first-order chi connectivity index (χ1) is 15.3. The summed E-state index contributed by atoms with van der Waals surface area (Å²) >= 11 is 0. The second kappa shape index (κ2) is 8.87. The summed E-state index contributed by atoms with van der Waals surface area (Å²) in [5.74, 6) is -0.553. The largest absolute Gasteiger partial charge is 0.449 e. The maximum atomic E-state index is 13.3. The van der Waals surface area contributed by atoms with Gasteiger partial charge in [0.1, 0.15) is 6.04 Å². The lowest BCUT2D eigenvalue weighted by atomic mass is 10.2. The van der Waals surface area contributed by atoms with E-state index in [0.717, 1.165) is 8.61 Å². The summed E-state index contributed by atoms with van der Waals surface area (Å²) < 4.78 is 60.1. The molecule has 2 aromatic carbocycles. The van der Waals surface area contributed by atoms with E-state index in [1.54, 1.807) is 42.5 Å². The van der Waals surface area contributed by atoms with Crippen molar-refractivity contribution in [2.75, 3.05) is 25.0 Å². The zero-order valence-corrected chi connectivity index (χ0v) is 18.5. The topological polar surface area (TPSA) is 117 Å². The van der Waals surface area contributed by atoms with Crippen LogP contribution in [0.25, 0.3) is 0 Å². The van der Waals surface area contributed by atoms with Crippen molar-refractivity contribution in [3.05, 3.63) is 79.1 Å². The van der Waals surface area contributed by atoms with Gasteiger partial charge in [0.25, 0.3) is 0 Å².